The minimum Gasteiger partial charge on any atom is -0.352 e. The van der Waals surface area contributed by atoms with E-state index in [1.807, 2.05) is 24.3 Å². The normalized spacial score (nSPS) is 16.7. The van der Waals surface area contributed by atoms with Crippen LogP contribution in [-0.2, 0) is 11.2 Å². The van der Waals surface area contributed by atoms with Crippen molar-refractivity contribution in [1.29, 1.82) is 0 Å². The van der Waals surface area contributed by atoms with E-state index >= 15 is 0 Å². The van der Waals surface area contributed by atoms with Gasteiger partial charge in [0, 0.05) is 38.4 Å². The van der Waals surface area contributed by atoms with Crippen LogP contribution >= 0.6 is 0 Å². The van der Waals surface area contributed by atoms with Crippen molar-refractivity contribution >= 4 is 23.8 Å². The largest absolute Gasteiger partial charge is 0.352 e. The predicted octanol–water partition coefficient (Wildman–Crippen LogP) is 0.958. The van der Waals surface area contributed by atoms with Crippen LogP contribution in [0.1, 0.15) is 16.1 Å². The van der Waals surface area contributed by atoms with Crippen LogP contribution in [0.5, 0.6) is 0 Å². The molecule has 1 aromatic heterocycles. The zero-order valence-electron chi connectivity index (χ0n) is 13.8. The lowest BCUT2D eigenvalue weighted by Crippen LogP contribution is -2.46. The van der Waals surface area contributed by atoms with Crippen molar-refractivity contribution in [1.82, 2.24) is 15.1 Å². The molecule has 0 bridgehead atoms. The molecule has 128 valence electrons. The number of rotatable bonds is 3. The Kier molecular flexibility index (Phi) is 4.05. The fraction of sp³-hybridized carbons (Fsp3) is 0.333. The SMILES string of the molecule is O=CN1CCN(c2ccc(C(=O)N3CCc4ccccc43)nn2)CC1. The smallest absolute Gasteiger partial charge is 0.278 e. The molecule has 3 heterocycles. The monoisotopic (exact) mass is 337 g/mol. The summed E-state index contributed by atoms with van der Waals surface area (Å²) < 4.78 is 0. The Morgan fingerprint density at radius 2 is 1.76 bits per heavy atom. The first-order valence-electron chi connectivity index (χ1n) is 8.44. The molecule has 0 radical (unpaired) electrons. The number of aromatic nitrogens is 2. The van der Waals surface area contributed by atoms with Crippen molar-refractivity contribution in [3.05, 3.63) is 47.7 Å². The highest BCUT2D eigenvalue weighted by Gasteiger charge is 2.26. The molecule has 1 saturated heterocycles. The number of fused-ring (bicyclic) bond motifs is 1. The predicted molar refractivity (Wildman–Crippen MR) is 93.7 cm³/mol. The van der Waals surface area contributed by atoms with Crippen LogP contribution in [-0.4, -0.2) is 60.1 Å². The van der Waals surface area contributed by atoms with E-state index in [1.54, 1.807) is 15.9 Å². The minimum atomic E-state index is -0.116. The van der Waals surface area contributed by atoms with Crippen molar-refractivity contribution in [2.24, 2.45) is 0 Å². The molecular weight excluding hydrogens is 318 g/mol. The molecule has 1 fully saturated rings. The number of benzene rings is 1. The van der Waals surface area contributed by atoms with E-state index in [2.05, 4.69) is 21.2 Å². The zero-order valence-corrected chi connectivity index (χ0v) is 13.8. The number of hydrogen-bond donors (Lipinski definition) is 0. The maximum Gasteiger partial charge on any atom is 0.278 e. The number of carbonyl (C=O) groups excluding carboxylic acids is 2. The quantitative estimate of drug-likeness (QED) is 0.780. The third-order valence-electron chi connectivity index (χ3n) is 4.79. The number of hydrogen-bond acceptors (Lipinski definition) is 5. The number of amides is 2. The van der Waals surface area contributed by atoms with E-state index < -0.39 is 0 Å². The summed E-state index contributed by atoms with van der Waals surface area (Å²) in [5.74, 6) is 0.624. The molecule has 0 unspecified atom stereocenters. The van der Waals surface area contributed by atoms with Gasteiger partial charge in [-0.05, 0) is 30.2 Å². The van der Waals surface area contributed by atoms with Gasteiger partial charge in [-0.25, -0.2) is 0 Å². The lowest BCUT2D eigenvalue weighted by atomic mass is 10.2. The Bertz CT molecular complexity index is 784. The fourth-order valence-corrected chi connectivity index (χ4v) is 3.35. The van der Waals surface area contributed by atoms with Gasteiger partial charge >= 0.3 is 0 Å². The van der Waals surface area contributed by atoms with Gasteiger partial charge in [0.25, 0.3) is 5.91 Å². The molecule has 0 atom stereocenters. The summed E-state index contributed by atoms with van der Waals surface area (Å²) in [6.45, 7) is 3.47. The van der Waals surface area contributed by atoms with Crippen molar-refractivity contribution in [3.8, 4) is 0 Å². The van der Waals surface area contributed by atoms with Crippen LogP contribution < -0.4 is 9.80 Å². The standard InChI is InChI=1S/C18H19N5O2/c24-13-21-9-11-22(12-10-21)17-6-5-15(19-20-17)18(25)23-8-7-14-3-1-2-4-16(14)23/h1-6,13H,7-12H2. The van der Waals surface area contributed by atoms with Gasteiger partial charge in [0.2, 0.25) is 6.41 Å². The highest BCUT2D eigenvalue weighted by Crippen LogP contribution is 2.28. The molecule has 7 heteroatoms. The topological polar surface area (TPSA) is 69.6 Å². The average Bonchev–Trinajstić information content (AvgIpc) is 3.12. The van der Waals surface area contributed by atoms with E-state index in [4.69, 9.17) is 0 Å². The summed E-state index contributed by atoms with van der Waals surface area (Å²) in [5, 5.41) is 8.37. The Morgan fingerprint density at radius 3 is 2.48 bits per heavy atom. The second kappa shape index (κ2) is 6.51. The summed E-state index contributed by atoms with van der Waals surface area (Å²) in [6.07, 6.45) is 1.74. The Labute approximate surface area is 145 Å². The van der Waals surface area contributed by atoms with Gasteiger partial charge in [0.05, 0.1) is 0 Å². The zero-order chi connectivity index (χ0) is 17.2. The van der Waals surface area contributed by atoms with Gasteiger partial charge in [0.15, 0.2) is 11.5 Å². The highest BCUT2D eigenvalue weighted by atomic mass is 16.2. The molecule has 7 nitrogen and oxygen atoms in total. The van der Waals surface area contributed by atoms with E-state index in [0.29, 0.717) is 25.3 Å². The van der Waals surface area contributed by atoms with Crippen LogP contribution in [0.3, 0.4) is 0 Å². The van der Waals surface area contributed by atoms with E-state index in [-0.39, 0.29) is 5.91 Å². The van der Waals surface area contributed by atoms with Crippen molar-refractivity contribution in [3.63, 3.8) is 0 Å². The molecule has 25 heavy (non-hydrogen) atoms. The van der Waals surface area contributed by atoms with Crippen LogP contribution in [0.15, 0.2) is 36.4 Å². The number of carbonyl (C=O) groups is 2. The Hall–Kier alpha value is -2.96. The number of nitrogens with zero attached hydrogens (tertiary/aromatic N) is 5. The first kappa shape index (κ1) is 15.6. The van der Waals surface area contributed by atoms with Gasteiger partial charge < -0.3 is 14.7 Å². The van der Waals surface area contributed by atoms with Crippen LogP contribution in [0.4, 0.5) is 11.5 Å². The summed E-state index contributed by atoms with van der Waals surface area (Å²) in [4.78, 5) is 29.1. The Morgan fingerprint density at radius 1 is 0.960 bits per heavy atom. The summed E-state index contributed by atoms with van der Waals surface area (Å²) in [5.41, 5.74) is 2.50. The van der Waals surface area contributed by atoms with E-state index in [0.717, 1.165) is 37.4 Å². The van der Waals surface area contributed by atoms with Crippen molar-refractivity contribution < 1.29 is 9.59 Å². The maximum atomic E-state index is 12.7. The molecule has 2 aliphatic heterocycles. The molecule has 0 aliphatic carbocycles. The first-order valence-corrected chi connectivity index (χ1v) is 8.44. The van der Waals surface area contributed by atoms with Crippen molar-refractivity contribution in [2.45, 2.75) is 6.42 Å². The van der Waals surface area contributed by atoms with Gasteiger partial charge in [-0.2, -0.15) is 0 Å². The van der Waals surface area contributed by atoms with E-state index in [9.17, 15) is 9.59 Å². The lowest BCUT2D eigenvalue weighted by molar-refractivity contribution is -0.118. The van der Waals surface area contributed by atoms with Crippen molar-refractivity contribution in [2.75, 3.05) is 42.5 Å². The minimum absolute atomic E-state index is 0.116. The second-order valence-electron chi connectivity index (χ2n) is 6.24. The fourth-order valence-electron chi connectivity index (χ4n) is 3.35. The third-order valence-corrected chi connectivity index (χ3v) is 4.79. The van der Waals surface area contributed by atoms with E-state index in [1.165, 1.54) is 5.56 Å². The second-order valence-corrected chi connectivity index (χ2v) is 6.24. The molecule has 0 N–H and O–H groups in total. The Balaban J connectivity index is 1.47. The lowest BCUT2D eigenvalue weighted by Gasteiger charge is -2.32. The summed E-state index contributed by atoms with van der Waals surface area (Å²) >= 11 is 0. The van der Waals surface area contributed by atoms with Crippen LogP contribution in [0.2, 0.25) is 0 Å². The molecule has 2 aliphatic rings. The first-order chi connectivity index (χ1) is 12.3. The summed E-state index contributed by atoms with van der Waals surface area (Å²) in [7, 11) is 0. The third kappa shape index (κ3) is 2.93. The molecule has 0 saturated carbocycles. The highest BCUT2D eigenvalue weighted by molar-refractivity contribution is 6.06. The average molecular weight is 337 g/mol. The van der Waals surface area contributed by atoms with Crippen LogP contribution in [0.25, 0.3) is 0 Å². The van der Waals surface area contributed by atoms with Gasteiger partial charge in [-0.1, -0.05) is 18.2 Å². The molecule has 2 aromatic rings. The van der Waals surface area contributed by atoms with Gasteiger partial charge in [-0.3, -0.25) is 9.59 Å². The number of para-hydroxylation sites is 1. The maximum absolute atomic E-state index is 12.7. The van der Waals surface area contributed by atoms with Gasteiger partial charge in [-0.15, -0.1) is 10.2 Å². The molecule has 0 spiro atoms. The molecule has 4 rings (SSSR count). The summed E-state index contributed by atoms with van der Waals surface area (Å²) in [6, 6.07) is 11.5. The van der Waals surface area contributed by atoms with Gasteiger partial charge in [0.1, 0.15) is 0 Å². The van der Waals surface area contributed by atoms with Crippen LogP contribution in [0, 0.1) is 0 Å². The number of piperazine rings is 1. The molecule has 2 amide bonds. The molecule has 1 aromatic carbocycles. The number of anilines is 2. The molecular formula is C18H19N5O2.